The molecule has 0 aliphatic carbocycles. The summed E-state index contributed by atoms with van der Waals surface area (Å²) >= 11 is 0. The summed E-state index contributed by atoms with van der Waals surface area (Å²) in [5.74, 6) is 0.657. The third kappa shape index (κ3) is 2.70. The largest absolute Gasteiger partial charge is 0.487 e. The number of rotatable bonds is 3. The highest BCUT2D eigenvalue weighted by Crippen LogP contribution is 2.32. The van der Waals surface area contributed by atoms with Crippen LogP contribution in [0.5, 0.6) is 5.75 Å². The van der Waals surface area contributed by atoms with E-state index in [0.29, 0.717) is 6.61 Å². The first-order chi connectivity index (χ1) is 9.33. The van der Waals surface area contributed by atoms with Crippen LogP contribution in [0.15, 0.2) is 42.5 Å². The fraction of sp³-hybridized carbons (Fsp3) is 0.250. The van der Waals surface area contributed by atoms with Gasteiger partial charge in [-0.25, -0.2) is 4.39 Å². The van der Waals surface area contributed by atoms with Gasteiger partial charge in [-0.15, -0.1) is 0 Å². The third-order valence-electron chi connectivity index (χ3n) is 3.34. The molecule has 0 fully saturated rings. The quantitative estimate of drug-likeness (QED) is 0.904. The van der Waals surface area contributed by atoms with Crippen molar-refractivity contribution in [2.24, 2.45) is 0 Å². The Morgan fingerprint density at radius 3 is 2.79 bits per heavy atom. The van der Waals surface area contributed by atoms with Crippen LogP contribution in [0.25, 0.3) is 0 Å². The number of anilines is 1. The van der Waals surface area contributed by atoms with Gasteiger partial charge in [-0.3, -0.25) is 0 Å². The summed E-state index contributed by atoms with van der Waals surface area (Å²) in [7, 11) is 0. The molecule has 3 heteroatoms. The average molecular weight is 257 g/mol. The Kier molecular flexibility index (Phi) is 3.36. The highest BCUT2D eigenvalue weighted by molar-refractivity contribution is 5.63. The van der Waals surface area contributed by atoms with Gasteiger partial charge in [0, 0.05) is 6.54 Å². The van der Waals surface area contributed by atoms with E-state index in [1.165, 1.54) is 17.7 Å². The summed E-state index contributed by atoms with van der Waals surface area (Å²) in [4.78, 5) is 0. The van der Waals surface area contributed by atoms with Crippen molar-refractivity contribution in [1.29, 1.82) is 0 Å². The summed E-state index contributed by atoms with van der Waals surface area (Å²) in [6, 6.07) is 12.5. The Morgan fingerprint density at radius 1 is 1.11 bits per heavy atom. The first kappa shape index (κ1) is 12.0. The van der Waals surface area contributed by atoms with Gasteiger partial charge in [0.1, 0.15) is 18.2 Å². The highest BCUT2D eigenvalue weighted by Gasteiger charge is 2.13. The van der Waals surface area contributed by atoms with Crippen molar-refractivity contribution in [3.05, 3.63) is 59.4 Å². The lowest BCUT2D eigenvalue weighted by Crippen LogP contribution is -2.13. The Balaban J connectivity index is 1.75. The molecule has 0 saturated carbocycles. The number of hydrogen-bond acceptors (Lipinski definition) is 2. The van der Waals surface area contributed by atoms with Crippen molar-refractivity contribution in [2.75, 3.05) is 11.9 Å². The topological polar surface area (TPSA) is 21.3 Å². The summed E-state index contributed by atoms with van der Waals surface area (Å²) in [5, 5.41) is 3.39. The van der Waals surface area contributed by atoms with Crippen LogP contribution in [-0.2, 0) is 13.0 Å². The van der Waals surface area contributed by atoms with Gasteiger partial charge in [-0.1, -0.05) is 24.3 Å². The molecule has 0 bridgehead atoms. The van der Waals surface area contributed by atoms with E-state index in [1.54, 1.807) is 12.1 Å². The number of para-hydroxylation sites is 1. The van der Waals surface area contributed by atoms with Crippen LogP contribution in [0, 0.1) is 5.82 Å². The zero-order valence-corrected chi connectivity index (χ0v) is 10.7. The Hall–Kier alpha value is -2.03. The van der Waals surface area contributed by atoms with Gasteiger partial charge in [0.2, 0.25) is 0 Å². The molecule has 19 heavy (non-hydrogen) atoms. The molecule has 0 amide bonds. The van der Waals surface area contributed by atoms with Crippen molar-refractivity contribution in [3.8, 4) is 5.75 Å². The number of aryl methyl sites for hydroxylation is 1. The maximum absolute atomic E-state index is 12.8. The molecule has 3 rings (SSSR count). The number of halogens is 1. The van der Waals surface area contributed by atoms with Crippen LogP contribution in [0.2, 0.25) is 0 Å². The standard InChI is InChI=1S/C16H16FNO/c17-14-8-6-12(7-9-14)11-19-15-5-1-3-13-4-2-10-18-16(13)15/h1,3,5-9,18H,2,4,10-11H2. The molecular weight excluding hydrogens is 241 g/mol. The van der Waals surface area contributed by atoms with Gasteiger partial charge in [0.05, 0.1) is 5.69 Å². The van der Waals surface area contributed by atoms with E-state index in [2.05, 4.69) is 11.4 Å². The molecule has 0 unspecified atom stereocenters. The predicted molar refractivity (Wildman–Crippen MR) is 74.0 cm³/mol. The second kappa shape index (κ2) is 5.31. The van der Waals surface area contributed by atoms with Crippen LogP contribution >= 0.6 is 0 Å². The summed E-state index contributed by atoms with van der Waals surface area (Å²) in [6.45, 7) is 1.45. The first-order valence-electron chi connectivity index (χ1n) is 6.56. The molecule has 2 aromatic rings. The van der Waals surface area contributed by atoms with Gasteiger partial charge < -0.3 is 10.1 Å². The molecular formula is C16H16FNO. The smallest absolute Gasteiger partial charge is 0.143 e. The molecule has 0 aromatic heterocycles. The van der Waals surface area contributed by atoms with Gasteiger partial charge in [0.15, 0.2) is 0 Å². The lowest BCUT2D eigenvalue weighted by Gasteiger charge is -2.21. The lowest BCUT2D eigenvalue weighted by molar-refractivity contribution is 0.307. The van der Waals surface area contributed by atoms with Crippen LogP contribution in [0.3, 0.4) is 0 Å². The number of nitrogens with one attached hydrogen (secondary N) is 1. The average Bonchev–Trinajstić information content (AvgIpc) is 2.47. The molecule has 0 saturated heterocycles. The molecule has 1 N–H and O–H groups in total. The molecule has 0 spiro atoms. The zero-order valence-electron chi connectivity index (χ0n) is 10.7. The number of hydrogen-bond donors (Lipinski definition) is 1. The lowest BCUT2D eigenvalue weighted by atomic mass is 10.0. The van der Waals surface area contributed by atoms with E-state index in [0.717, 1.165) is 36.4 Å². The molecule has 2 nitrogen and oxygen atoms in total. The van der Waals surface area contributed by atoms with Gasteiger partial charge in [-0.05, 0) is 42.2 Å². The SMILES string of the molecule is Fc1ccc(COc2cccc3c2NCCC3)cc1. The molecule has 0 atom stereocenters. The second-order valence-electron chi connectivity index (χ2n) is 4.74. The van der Waals surface area contributed by atoms with E-state index in [-0.39, 0.29) is 5.82 Å². The van der Waals surface area contributed by atoms with E-state index >= 15 is 0 Å². The van der Waals surface area contributed by atoms with Crippen molar-refractivity contribution in [1.82, 2.24) is 0 Å². The third-order valence-corrected chi connectivity index (χ3v) is 3.34. The minimum Gasteiger partial charge on any atom is -0.487 e. The highest BCUT2D eigenvalue weighted by atomic mass is 19.1. The molecule has 0 radical (unpaired) electrons. The first-order valence-corrected chi connectivity index (χ1v) is 6.56. The fourth-order valence-electron chi connectivity index (χ4n) is 2.34. The fourth-order valence-corrected chi connectivity index (χ4v) is 2.34. The zero-order chi connectivity index (χ0) is 13.1. The van der Waals surface area contributed by atoms with Gasteiger partial charge in [0.25, 0.3) is 0 Å². The minimum absolute atomic E-state index is 0.220. The minimum atomic E-state index is -0.220. The van der Waals surface area contributed by atoms with Crippen LogP contribution in [0.1, 0.15) is 17.5 Å². The van der Waals surface area contributed by atoms with Crippen molar-refractivity contribution in [3.63, 3.8) is 0 Å². The van der Waals surface area contributed by atoms with Crippen molar-refractivity contribution >= 4 is 5.69 Å². The maximum atomic E-state index is 12.8. The predicted octanol–water partition coefficient (Wildman–Crippen LogP) is 3.76. The van der Waals surface area contributed by atoms with Crippen molar-refractivity contribution in [2.45, 2.75) is 19.4 Å². The Labute approximate surface area is 112 Å². The Bertz CT molecular complexity index is 565. The normalized spacial score (nSPS) is 13.5. The summed E-state index contributed by atoms with van der Waals surface area (Å²) in [5.41, 5.74) is 3.38. The number of ether oxygens (including phenoxy) is 1. The van der Waals surface area contributed by atoms with Crippen molar-refractivity contribution < 1.29 is 9.13 Å². The van der Waals surface area contributed by atoms with E-state index in [1.807, 2.05) is 12.1 Å². The van der Waals surface area contributed by atoms with E-state index in [4.69, 9.17) is 4.74 Å². The molecule has 1 aliphatic heterocycles. The molecule has 98 valence electrons. The van der Waals surface area contributed by atoms with E-state index in [9.17, 15) is 4.39 Å². The molecule has 1 aliphatic rings. The maximum Gasteiger partial charge on any atom is 0.143 e. The monoisotopic (exact) mass is 257 g/mol. The number of fused-ring (bicyclic) bond motifs is 1. The van der Waals surface area contributed by atoms with Crippen LogP contribution in [0.4, 0.5) is 10.1 Å². The number of benzene rings is 2. The molecule has 2 aromatic carbocycles. The summed E-state index contributed by atoms with van der Waals surface area (Å²) in [6.07, 6.45) is 2.25. The Morgan fingerprint density at radius 2 is 1.95 bits per heavy atom. The van der Waals surface area contributed by atoms with Crippen LogP contribution in [-0.4, -0.2) is 6.54 Å². The second-order valence-corrected chi connectivity index (χ2v) is 4.74. The van der Waals surface area contributed by atoms with Gasteiger partial charge >= 0.3 is 0 Å². The summed E-state index contributed by atoms with van der Waals surface area (Å²) < 4.78 is 18.7. The van der Waals surface area contributed by atoms with E-state index < -0.39 is 0 Å². The van der Waals surface area contributed by atoms with Gasteiger partial charge in [-0.2, -0.15) is 0 Å². The van der Waals surface area contributed by atoms with Crippen LogP contribution < -0.4 is 10.1 Å². The molecule has 1 heterocycles.